The van der Waals surface area contributed by atoms with Crippen LogP contribution in [-0.2, 0) is 0 Å². The van der Waals surface area contributed by atoms with Gasteiger partial charge in [0.1, 0.15) is 0 Å². The summed E-state index contributed by atoms with van der Waals surface area (Å²) < 4.78 is 0. The summed E-state index contributed by atoms with van der Waals surface area (Å²) in [4.78, 5) is 0. The molecule has 4 aliphatic carbocycles. The van der Waals surface area contributed by atoms with Crippen molar-refractivity contribution in [2.24, 2.45) is 34.5 Å². The van der Waals surface area contributed by atoms with Gasteiger partial charge in [0.15, 0.2) is 0 Å². The average Bonchev–Trinajstić information content (AvgIpc) is 2.75. The highest BCUT2D eigenvalue weighted by atomic mass is 16.3. The molecule has 0 radical (unpaired) electrons. The van der Waals surface area contributed by atoms with E-state index in [1.54, 1.807) is 18.1 Å². The standard InChI is InChI=1S/C15H26O2.C15H24/c1-11-5-4-6-12-7-8-13(9-14(11,12)2)15(3,17)10-16;1-11(2)13-8-9-14-7-5-6-12(3)15(14,4)10-13/h6,11,13,16-17H,4-5,7-10H2,1-3H3;7,12-13H,1,5-6,8-10H2,2-4H3/t11-,13-,14+,15?;12-,13-,15+/m11/s1. The first kappa shape index (κ1) is 25.8. The molecule has 2 saturated carbocycles. The lowest BCUT2D eigenvalue weighted by atomic mass is 9.56. The Morgan fingerprint density at radius 1 is 0.969 bits per heavy atom. The summed E-state index contributed by atoms with van der Waals surface area (Å²) in [6.07, 6.45) is 17.2. The lowest BCUT2D eigenvalue weighted by Crippen LogP contribution is -2.46. The van der Waals surface area contributed by atoms with Crippen LogP contribution in [0.5, 0.6) is 0 Å². The number of fused-ring (bicyclic) bond motifs is 2. The Balaban J connectivity index is 0.000000182. The van der Waals surface area contributed by atoms with Gasteiger partial charge in [0.05, 0.1) is 12.2 Å². The summed E-state index contributed by atoms with van der Waals surface area (Å²) in [6.45, 7) is 17.6. The molecule has 0 aromatic rings. The van der Waals surface area contributed by atoms with E-state index in [9.17, 15) is 10.2 Å². The molecule has 0 amide bonds. The molecule has 0 saturated heterocycles. The van der Waals surface area contributed by atoms with E-state index in [1.165, 1.54) is 50.5 Å². The van der Waals surface area contributed by atoms with E-state index in [0.29, 0.717) is 11.3 Å². The molecule has 182 valence electrons. The molecule has 2 fully saturated rings. The van der Waals surface area contributed by atoms with Crippen molar-refractivity contribution in [3.63, 3.8) is 0 Å². The number of aliphatic hydroxyl groups excluding tert-OH is 1. The summed E-state index contributed by atoms with van der Waals surface area (Å²) in [7, 11) is 0. The zero-order chi connectivity index (χ0) is 23.7. The predicted molar refractivity (Wildman–Crippen MR) is 136 cm³/mol. The van der Waals surface area contributed by atoms with Gasteiger partial charge >= 0.3 is 0 Å². The number of rotatable bonds is 3. The highest BCUT2D eigenvalue weighted by Crippen LogP contribution is 2.54. The minimum atomic E-state index is -0.911. The van der Waals surface area contributed by atoms with Gasteiger partial charge in [0.25, 0.3) is 0 Å². The van der Waals surface area contributed by atoms with Crippen LogP contribution in [0.4, 0.5) is 0 Å². The molecule has 0 spiro atoms. The molecule has 0 heterocycles. The van der Waals surface area contributed by atoms with Crippen LogP contribution in [0.2, 0.25) is 0 Å². The second kappa shape index (κ2) is 9.79. The van der Waals surface area contributed by atoms with Crippen LogP contribution in [0.25, 0.3) is 0 Å². The number of aliphatic hydroxyl groups is 2. The van der Waals surface area contributed by atoms with E-state index in [1.807, 2.05) is 0 Å². The first-order chi connectivity index (χ1) is 14.9. The molecule has 0 aromatic heterocycles. The third-order valence-electron chi connectivity index (χ3n) is 10.4. The van der Waals surface area contributed by atoms with Gasteiger partial charge in [-0.3, -0.25) is 0 Å². The number of allylic oxidation sites excluding steroid dienone is 5. The van der Waals surface area contributed by atoms with Gasteiger partial charge in [-0.15, -0.1) is 0 Å². The van der Waals surface area contributed by atoms with Crippen LogP contribution in [0, 0.1) is 34.5 Å². The second-order valence-corrected chi connectivity index (χ2v) is 12.5. The highest BCUT2D eigenvalue weighted by Gasteiger charge is 2.46. The molecule has 4 aliphatic rings. The number of hydrogen-bond acceptors (Lipinski definition) is 2. The second-order valence-electron chi connectivity index (χ2n) is 12.5. The van der Waals surface area contributed by atoms with E-state index in [0.717, 1.165) is 31.1 Å². The van der Waals surface area contributed by atoms with Crippen molar-refractivity contribution in [1.82, 2.24) is 0 Å². The van der Waals surface area contributed by atoms with Gasteiger partial charge in [-0.25, -0.2) is 0 Å². The van der Waals surface area contributed by atoms with Gasteiger partial charge in [-0.2, -0.15) is 0 Å². The van der Waals surface area contributed by atoms with Crippen molar-refractivity contribution >= 4 is 0 Å². The Kier molecular flexibility index (Phi) is 7.88. The van der Waals surface area contributed by atoms with Crippen LogP contribution in [-0.4, -0.2) is 22.4 Å². The third kappa shape index (κ3) is 4.97. The van der Waals surface area contributed by atoms with Gasteiger partial charge in [-0.1, -0.05) is 63.1 Å². The Bertz CT molecular complexity index is 744. The van der Waals surface area contributed by atoms with Crippen LogP contribution in [0.3, 0.4) is 0 Å². The fraction of sp³-hybridized carbons (Fsp3) is 0.800. The SMILES string of the molecule is C=C(C)[C@@H]1CCC2=CCC[C@@H](C)[C@]2(C)C1.C[C@@H]1CCC=C2CC[C@@H](C(C)(O)CO)C[C@]21C. The largest absolute Gasteiger partial charge is 0.393 e. The first-order valence-electron chi connectivity index (χ1n) is 13.3. The highest BCUT2D eigenvalue weighted by molar-refractivity contribution is 5.23. The molecule has 1 unspecified atom stereocenters. The van der Waals surface area contributed by atoms with Gasteiger partial charge in [-0.05, 0) is 113 Å². The molecular weight excluding hydrogens is 392 g/mol. The topological polar surface area (TPSA) is 40.5 Å². The van der Waals surface area contributed by atoms with E-state index >= 15 is 0 Å². The van der Waals surface area contributed by atoms with Gasteiger partial charge in [0, 0.05) is 0 Å². The normalized spacial score (nSPS) is 41.0. The summed E-state index contributed by atoms with van der Waals surface area (Å²) in [5.41, 5.74) is 4.57. The summed E-state index contributed by atoms with van der Waals surface area (Å²) in [5, 5.41) is 19.6. The molecule has 32 heavy (non-hydrogen) atoms. The van der Waals surface area contributed by atoms with E-state index in [-0.39, 0.29) is 17.9 Å². The maximum Gasteiger partial charge on any atom is 0.0877 e. The summed E-state index contributed by atoms with van der Waals surface area (Å²) in [6, 6.07) is 0. The Morgan fingerprint density at radius 2 is 1.47 bits per heavy atom. The van der Waals surface area contributed by atoms with Crippen LogP contribution < -0.4 is 0 Å². The van der Waals surface area contributed by atoms with Crippen molar-refractivity contribution in [3.05, 3.63) is 35.5 Å². The van der Waals surface area contributed by atoms with Crippen molar-refractivity contribution in [2.75, 3.05) is 6.61 Å². The molecule has 4 rings (SSSR count). The first-order valence-corrected chi connectivity index (χ1v) is 13.3. The zero-order valence-corrected chi connectivity index (χ0v) is 21.8. The minimum absolute atomic E-state index is 0.124. The number of hydrogen-bond donors (Lipinski definition) is 2. The van der Waals surface area contributed by atoms with E-state index in [4.69, 9.17) is 0 Å². The fourth-order valence-corrected chi connectivity index (χ4v) is 7.16. The summed E-state index contributed by atoms with van der Waals surface area (Å²) in [5.74, 6) is 2.56. The Hall–Kier alpha value is -0.860. The Morgan fingerprint density at radius 3 is 1.97 bits per heavy atom. The fourth-order valence-electron chi connectivity index (χ4n) is 7.16. The lowest BCUT2D eigenvalue weighted by molar-refractivity contribution is -0.0729. The van der Waals surface area contributed by atoms with E-state index in [2.05, 4.69) is 53.3 Å². The molecule has 2 heteroatoms. The molecule has 2 N–H and O–H groups in total. The molecule has 2 nitrogen and oxygen atoms in total. The molecule has 0 aliphatic heterocycles. The summed E-state index contributed by atoms with van der Waals surface area (Å²) >= 11 is 0. The van der Waals surface area contributed by atoms with Crippen LogP contribution in [0.15, 0.2) is 35.5 Å². The maximum absolute atomic E-state index is 10.3. The van der Waals surface area contributed by atoms with Crippen molar-refractivity contribution < 1.29 is 10.2 Å². The smallest absolute Gasteiger partial charge is 0.0877 e. The van der Waals surface area contributed by atoms with Crippen molar-refractivity contribution in [2.45, 2.75) is 111 Å². The lowest BCUT2D eigenvalue weighted by Gasteiger charge is -2.50. The van der Waals surface area contributed by atoms with Crippen LogP contribution in [0.1, 0.15) is 106 Å². The molecular formula is C30H50O2. The minimum Gasteiger partial charge on any atom is -0.393 e. The molecule has 0 aromatic carbocycles. The quantitative estimate of drug-likeness (QED) is 0.441. The van der Waals surface area contributed by atoms with Crippen molar-refractivity contribution in [3.8, 4) is 0 Å². The van der Waals surface area contributed by atoms with E-state index < -0.39 is 5.60 Å². The third-order valence-corrected chi connectivity index (χ3v) is 10.4. The Labute approximate surface area is 198 Å². The van der Waals surface area contributed by atoms with Gasteiger partial charge in [0.2, 0.25) is 0 Å². The maximum atomic E-state index is 10.3. The molecule has 0 bridgehead atoms. The van der Waals surface area contributed by atoms with Crippen molar-refractivity contribution in [1.29, 1.82) is 0 Å². The molecule has 7 atom stereocenters. The monoisotopic (exact) mass is 442 g/mol. The van der Waals surface area contributed by atoms with Crippen LogP contribution >= 0.6 is 0 Å². The average molecular weight is 443 g/mol. The zero-order valence-electron chi connectivity index (χ0n) is 21.8. The van der Waals surface area contributed by atoms with Gasteiger partial charge < -0.3 is 10.2 Å². The predicted octanol–water partition coefficient (Wildman–Crippen LogP) is 7.62.